The number of H-pyrrole nitrogens is 2. The molecule has 5 aromatic rings. The van der Waals surface area contributed by atoms with Gasteiger partial charge in [-0.05, 0) is 110 Å². The molecule has 12 nitrogen and oxygen atoms in total. The van der Waals surface area contributed by atoms with Crippen molar-refractivity contribution in [3.05, 3.63) is 102 Å². The topological polar surface area (TPSA) is 142 Å². The fourth-order valence-corrected chi connectivity index (χ4v) is 8.99. The smallest absolute Gasteiger partial charge is 0.284 e. The minimum atomic E-state index is -0.289. The number of piperazine rings is 1. The zero-order chi connectivity index (χ0) is 39.6. The molecule has 1 aliphatic carbocycles. The van der Waals surface area contributed by atoms with Crippen LogP contribution >= 0.6 is 11.9 Å². The van der Waals surface area contributed by atoms with Crippen LogP contribution in [0.25, 0.3) is 11.0 Å². The number of fused-ring (bicyclic) bond motifs is 2. The number of hydrogen-bond acceptors (Lipinski definition) is 9. The van der Waals surface area contributed by atoms with Crippen molar-refractivity contribution in [1.29, 1.82) is 0 Å². The molecule has 1 saturated carbocycles. The Hall–Kier alpha value is -5.31. The van der Waals surface area contributed by atoms with Gasteiger partial charge in [0.25, 0.3) is 11.6 Å². The van der Waals surface area contributed by atoms with Gasteiger partial charge in [-0.2, -0.15) is 0 Å². The van der Waals surface area contributed by atoms with Gasteiger partial charge in [-0.15, -0.1) is 0 Å². The Bertz CT molecular complexity index is 2290. The number of nitrogens with two attached hydrogens (primary N) is 1. The lowest BCUT2D eigenvalue weighted by Gasteiger charge is -2.42. The molecule has 9 rings (SSSR count). The highest BCUT2D eigenvalue weighted by Gasteiger charge is 2.39. The Morgan fingerprint density at radius 3 is 2.62 bits per heavy atom. The summed E-state index contributed by atoms with van der Waals surface area (Å²) < 4.78 is 29.2. The Labute approximate surface area is 341 Å². The molecule has 1 atom stereocenters. The summed E-state index contributed by atoms with van der Waals surface area (Å²) in [5.41, 5.74) is 12.2. The minimum absolute atomic E-state index is 0.00647. The fourth-order valence-electron chi connectivity index (χ4n) is 8.35. The maximum atomic E-state index is 14.2. The number of ether oxygens (including phenoxy) is 2. The van der Waals surface area contributed by atoms with Crippen molar-refractivity contribution in [3.8, 4) is 11.5 Å². The maximum Gasteiger partial charge on any atom is 0.284 e. The van der Waals surface area contributed by atoms with Crippen molar-refractivity contribution in [3.63, 3.8) is 0 Å². The van der Waals surface area contributed by atoms with Gasteiger partial charge in [-0.25, -0.2) is 14.4 Å². The number of benzene rings is 3. The predicted molar refractivity (Wildman–Crippen MR) is 223 cm³/mol. The molecule has 14 heteroatoms. The van der Waals surface area contributed by atoms with Crippen molar-refractivity contribution in [2.75, 3.05) is 68.4 Å². The molecule has 2 saturated heterocycles. The normalized spacial score (nSPS) is 18.9. The predicted octanol–water partition coefficient (Wildman–Crippen LogP) is 6.26. The molecular formula is C44H50FN8O4S+. The molecule has 3 aromatic carbocycles. The summed E-state index contributed by atoms with van der Waals surface area (Å²) >= 11 is 1.21. The van der Waals surface area contributed by atoms with E-state index in [1.807, 2.05) is 60.8 Å². The number of nitrogens with zero attached hydrogens (tertiary/aromatic N) is 3. The highest BCUT2D eigenvalue weighted by Crippen LogP contribution is 2.36. The number of carbonyl (C=O) groups is 2. The first kappa shape index (κ1) is 38.2. The third-order valence-electron chi connectivity index (χ3n) is 11.9. The van der Waals surface area contributed by atoms with Crippen LogP contribution in [-0.4, -0.2) is 85.1 Å². The third kappa shape index (κ3) is 8.74. The summed E-state index contributed by atoms with van der Waals surface area (Å²) in [6.45, 7) is 6.87. The third-order valence-corrected chi connectivity index (χ3v) is 12.7. The molecule has 2 amide bonds. The van der Waals surface area contributed by atoms with Gasteiger partial charge in [-0.1, -0.05) is 6.07 Å². The monoisotopic (exact) mass is 805 g/mol. The van der Waals surface area contributed by atoms with E-state index in [4.69, 9.17) is 15.2 Å². The number of rotatable bonds is 12. The Balaban J connectivity index is 0.872. The van der Waals surface area contributed by atoms with Gasteiger partial charge in [0, 0.05) is 93.7 Å². The maximum absolute atomic E-state index is 14.2. The Morgan fingerprint density at radius 2 is 1.81 bits per heavy atom. The van der Waals surface area contributed by atoms with E-state index >= 15 is 0 Å². The Morgan fingerprint density at radius 1 is 0.966 bits per heavy atom. The second-order valence-corrected chi connectivity index (χ2v) is 16.8. The number of halogens is 1. The number of aromatic amines is 2. The molecule has 3 aliphatic heterocycles. The van der Waals surface area contributed by atoms with Crippen molar-refractivity contribution >= 4 is 51.9 Å². The largest absolute Gasteiger partial charge is 0.453 e. The second kappa shape index (κ2) is 16.9. The van der Waals surface area contributed by atoms with Crippen LogP contribution in [0.1, 0.15) is 47.2 Å². The molecule has 6 N–H and O–H groups in total. The number of nitrogen functional groups attached to an aromatic ring is 1. The van der Waals surface area contributed by atoms with Crippen molar-refractivity contribution in [2.45, 2.75) is 49.6 Å². The van der Waals surface area contributed by atoms with E-state index < -0.39 is 0 Å². The van der Waals surface area contributed by atoms with Crippen LogP contribution in [0.5, 0.6) is 11.5 Å². The van der Waals surface area contributed by atoms with Crippen molar-refractivity contribution < 1.29 is 28.4 Å². The van der Waals surface area contributed by atoms with Gasteiger partial charge in [0.05, 0.1) is 28.5 Å². The molecule has 302 valence electrons. The van der Waals surface area contributed by atoms with Crippen molar-refractivity contribution in [2.24, 2.45) is 11.8 Å². The summed E-state index contributed by atoms with van der Waals surface area (Å²) in [5.74, 6) is 1.42. The summed E-state index contributed by atoms with van der Waals surface area (Å²) in [5, 5.41) is 4.44. The number of nitrogens with one attached hydrogen (secondary N) is 4. The summed E-state index contributed by atoms with van der Waals surface area (Å²) in [7, 11) is 0. The summed E-state index contributed by atoms with van der Waals surface area (Å²) in [6, 6.07) is 20.4. The first-order valence-electron chi connectivity index (χ1n) is 20.4. The molecule has 0 spiro atoms. The van der Waals surface area contributed by atoms with Crippen LogP contribution in [0.4, 0.5) is 21.5 Å². The van der Waals surface area contributed by atoms with E-state index in [9.17, 15) is 14.0 Å². The van der Waals surface area contributed by atoms with Gasteiger partial charge in [-0.3, -0.25) is 19.2 Å². The number of anilines is 3. The van der Waals surface area contributed by atoms with E-state index in [1.54, 1.807) is 12.3 Å². The van der Waals surface area contributed by atoms with Crippen molar-refractivity contribution in [1.82, 2.24) is 19.5 Å². The summed E-state index contributed by atoms with van der Waals surface area (Å²) in [4.78, 5) is 41.2. The van der Waals surface area contributed by atoms with Crippen LogP contribution < -0.4 is 30.4 Å². The quantitative estimate of drug-likeness (QED) is 0.0850. The molecule has 5 heterocycles. The lowest BCUT2D eigenvalue weighted by Crippen LogP contribution is -2.54. The molecule has 0 bridgehead atoms. The zero-order valence-electron chi connectivity index (χ0n) is 32.5. The lowest BCUT2D eigenvalue weighted by molar-refractivity contribution is -0.348. The number of amides is 2. The van der Waals surface area contributed by atoms with Gasteiger partial charge >= 0.3 is 0 Å². The lowest BCUT2D eigenvalue weighted by atomic mass is 9.92. The second-order valence-electron chi connectivity index (χ2n) is 15.9. The molecule has 4 aliphatic rings. The average Bonchev–Trinajstić information content (AvgIpc) is 3.99. The van der Waals surface area contributed by atoms with E-state index in [-0.39, 0.29) is 29.6 Å². The number of aromatic nitrogens is 2. The molecule has 0 radical (unpaired) electrons. The number of hydrogen-bond donors (Lipinski definition) is 4. The van der Waals surface area contributed by atoms with Crippen LogP contribution in [0.15, 0.2) is 84.0 Å². The molecule has 58 heavy (non-hydrogen) atoms. The summed E-state index contributed by atoms with van der Waals surface area (Å²) in [6.07, 6.45) is 8.29. The van der Waals surface area contributed by atoms with E-state index in [0.717, 1.165) is 117 Å². The number of pyridine rings is 1. The van der Waals surface area contributed by atoms with Crippen LogP contribution in [-0.2, 0) is 22.5 Å². The highest BCUT2D eigenvalue weighted by atomic mass is 32.2. The first-order valence-corrected chi connectivity index (χ1v) is 21.2. The standard InChI is InChI=1S/C44H49FN8O4S/c45-33-4-3-31-26-53(44(55)29-1-2-29)35(20-32(31)19-33)27-51-13-15-52(16-14-51)34-5-7-38(41(22-34)57-36-21-30-9-12-47-42(30)49-25-36)43(54)50-58-37-6-8-40(39(46)23-37)48-24-28-10-17-56-18-11-28/h3-9,12,19,21-23,25,28-29,35,48H,1-2,10-11,13-18,20,24,26-27,46H2,(H,47,49)(H,50,54)/p+1/t35-/m0/s1. The van der Waals surface area contributed by atoms with Gasteiger partial charge in [0.1, 0.15) is 17.8 Å². The number of carbonyl (C=O) groups excluding carboxylic acids is 2. The first-order chi connectivity index (χ1) is 28.3. The van der Waals surface area contributed by atoms with E-state index in [2.05, 4.69) is 34.7 Å². The molecule has 0 unspecified atom stereocenters. The fraction of sp³-hybridized carbons (Fsp3) is 0.386. The van der Waals surface area contributed by atoms with Crippen LogP contribution in [0.3, 0.4) is 0 Å². The zero-order valence-corrected chi connectivity index (χ0v) is 33.3. The van der Waals surface area contributed by atoms with Gasteiger partial charge in [0.2, 0.25) is 5.91 Å². The van der Waals surface area contributed by atoms with E-state index in [1.165, 1.54) is 18.0 Å². The van der Waals surface area contributed by atoms with Gasteiger partial charge in [0.15, 0.2) is 5.75 Å². The van der Waals surface area contributed by atoms with E-state index in [0.29, 0.717) is 41.6 Å². The molecular weight excluding hydrogens is 756 g/mol. The SMILES string of the molecule is Nc1cc(SNC(=O)c2ccc(N3CCN(C[C@@H]4Cc5cc(F)ccc5CN4C(=O)C4CC4)CC3)cc2Oc2c[nH+]c3[nH]ccc3c2)ccc1NCC1CCOCC1. The van der Waals surface area contributed by atoms with Gasteiger partial charge < -0.3 is 30.3 Å². The highest BCUT2D eigenvalue weighted by molar-refractivity contribution is 7.98. The van der Waals surface area contributed by atoms with Crippen LogP contribution in [0, 0.1) is 17.7 Å². The van der Waals surface area contributed by atoms with Crippen LogP contribution in [0.2, 0.25) is 0 Å². The molecule has 2 aromatic heterocycles. The molecule has 3 fully saturated rings. The minimum Gasteiger partial charge on any atom is -0.453 e. The average molecular weight is 806 g/mol. The Kier molecular flexibility index (Phi) is 11.1.